The zero-order valence-electron chi connectivity index (χ0n) is 21.1. The molecule has 0 aliphatic carbocycles. The lowest BCUT2D eigenvalue weighted by Crippen LogP contribution is -2.54. The molecule has 3 rings (SSSR count). The van der Waals surface area contributed by atoms with Gasteiger partial charge >= 0.3 is 0 Å². The highest BCUT2D eigenvalue weighted by molar-refractivity contribution is 7.99. The molecule has 0 heterocycles. The van der Waals surface area contributed by atoms with Crippen molar-refractivity contribution in [3.8, 4) is 0 Å². The van der Waals surface area contributed by atoms with E-state index >= 15 is 0 Å². The van der Waals surface area contributed by atoms with Crippen molar-refractivity contribution in [2.75, 3.05) is 5.75 Å². The number of rotatable bonds is 10. The minimum absolute atomic E-state index is 0.147. The molecule has 8 heteroatoms. The standard InChI is InChI=1S/C29H31Cl2FN2O2S/c1-29(2,3)33-28(36)26(15-20-7-5-4-6-8-20)34(17-21-9-13-24(32)14-10-21)27(35)19-37-18-22-11-12-23(30)16-25(22)31/h4-14,16,26H,15,17-19H2,1-3H3,(H,33,36)/t26-/m0/s1. The maximum Gasteiger partial charge on any atom is 0.243 e. The zero-order valence-corrected chi connectivity index (χ0v) is 23.5. The Labute approximate surface area is 232 Å². The quantitative estimate of drug-likeness (QED) is 0.292. The summed E-state index contributed by atoms with van der Waals surface area (Å²) in [6.45, 7) is 5.89. The maximum atomic E-state index is 13.6. The molecular formula is C29H31Cl2FN2O2S. The number of amides is 2. The summed E-state index contributed by atoms with van der Waals surface area (Å²) in [5.74, 6) is -0.122. The largest absolute Gasteiger partial charge is 0.350 e. The number of benzene rings is 3. The van der Waals surface area contributed by atoms with Gasteiger partial charge < -0.3 is 10.2 Å². The Kier molecular flexibility index (Phi) is 10.4. The van der Waals surface area contributed by atoms with E-state index in [-0.39, 0.29) is 29.9 Å². The van der Waals surface area contributed by atoms with Crippen molar-refractivity contribution in [3.63, 3.8) is 0 Å². The van der Waals surface area contributed by atoms with Gasteiger partial charge in [0.2, 0.25) is 11.8 Å². The third kappa shape index (κ3) is 9.37. The summed E-state index contributed by atoms with van der Waals surface area (Å²) in [4.78, 5) is 28.8. The van der Waals surface area contributed by atoms with Crippen molar-refractivity contribution in [1.82, 2.24) is 10.2 Å². The van der Waals surface area contributed by atoms with Gasteiger partial charge in [-0.15, -0.1) is 11.8 Å². The monoisotopic (exact) mass is 560 g/mol. The number of halogens is 3. The first-order chi connectivity index (χ1) is 17.5. The Hall–Kier alpha value is -2.54. The average Bonchev–Trinajstić information content (AvgIpc) is 2.83. The third-order valence-corrected chi connectivity index (χ3v) is 7.09. The molecule has 0 aliphatic rings. The highest BCUT2D eigenvalue weighted by Crippen LogP contribution is 2.25. The van der Waals surface area contributed by atoms with Gasteiger partial charge in [-0.1, -0.05) is 71.7 Å². The molecule has 0 radical (unpaired) electrons. The lowest BCUT2D eigenvalue weighted by atomic mass is 10.0. The molecule has 0 spiro atoms. The highest BCUT2D eigenvalue weighted by Gasteiger charge is 2.32. The molecule has 37 heavy (non-hydrogen) atoms. The van der Waals surface area contributed by atoms with E-state index in [9.17, 15) is 14.0 Å². The van der Waals surface area contributed by atoms with Crippen molar-refractivity contribution in [3.05, 3.63) is 105 Å². The van der Waals surface area contributed by atoms with Crippen LogP contribution in [0.5, 0.6) is 0 Å². The van der Waals surface area contributed by atoms with E-state index in [1.807, 2.05) is 57.2 Å². The molecule has 2 amide bonds. The van der Waals surface area contributed by atoms with Crippen molar-refractivity contribution < 1.29 is 14.0 Å². The van der Waals surface area contributed by atoms with Gasteiger partial charge in [0.15, 0.2) is 0 Å². The molecule has 196 valence electrons. The van der Waals surface area contributed by atoms with Gasteiger partial charge in [-0.05, 0) is 61.7 Å². The van der Waals surface area contributed by atoms with E-state index < -0.39 is 11.6 Å². The molecule has 4 nitrogen and oxygen atoms in total. The number of thioether (sulfide) groups is 1. The van der Waals surface area contributed by atoms with E-state index in [0.29, 0.717) is 22.2 Å². The average molecular weight is 562 g/mol. The Morgan fingerprint density at radius 3 is 2.27 bits per heavy atom. The molecule has 0 aliphatic heterocycles. The van der Waals surface area contributed by atoms with Gasteiger partial charge in [-0.25, -0.2) is 4.39 Å². The first-order valence-corrected chi connectivity index (χ1v) is 13.8. The van der Waals surface area contributed by atoms with Crippen LogP contribution in [0.4, 0.5) is 4.39 Å². The fraction of sp³-hybridized carbons (Fsp3) is 0.310. The molecule has 0 unspecified atom stereocenters. The summed E-state index contributed by atoms with van der Waals surface area (Å²) in [7, 11) is 0. The van der Waals surface area contributed by atoms with Crippen LogP contribution >= 0.6 is 35.0 Å². The second-order valence-electron chi connectivity index (χ2n) is 9.82. The Morgan fingerprint density at radius 2 is 1.65 bits per heavy atom. The predicted octanol–water partition coefficient (Wildman–Crippen LogP) is 6.92. The maximum absolute atomic E-state index is 13.6. The van der Waals surface area contributed by atoms with Crippen molar-refractivity contribution >= 4 is 46.8 Å². The van der Waals surface area contributed by atoms with Crippen LogP contribution < -0.4 is 5.32 Å². The summed E-state index contributed by atoms with van der Waals surface area (Å²) in [5.41, 5.74) is 2.08. The fourth-order valence-electron chi connectivity index (χ4n) is 3.76. The first-order valence-electron chi connectivity index (χ1n) is 11.9. The summed E-state index contributed by atoms with van der Waals surface area (Å²) in [5, 5.41) is 4.13. The van der Waals surface area contributed by atoms with Crippen LogP contribution in [0, 0.1) is 5.82 Å². The molecule has 0 bridgehead atoms. The van der Waals surface area contributed by atoms with Crippen LogP contribution in [0.25, 0.3) is 0 Å². The van der Waals surface area contributed by atoms with Gasteiger partial charge in [0, 0.05) is 34.3 Å². The predicted molar refractivity (Wildman–Crippen MR) is 151 cm³/mol. The molecule has 3 aromatic rings. The van der Waals surface area contributed by atoms with Crippen LogP contribution in [0.2, 0.25) is 10.0 Å². The number of carbonyl (C=O) groups is 2. The number of nitrogens with zero attached hydrogens (tertiary/aromatic N) is 1. The number of carbonyl (C=O) groups excluding carboxylic acids is 2. The Morgan fingerprint density at radius 1 is 0.973 bits per heavy atom. The van der Waals surface area contributed by atoms with E-state index in [0.717, 1.165) is 16.7 Å². The van der Waals surface area contributed by atoms with Crippen LogP contribution in [0.15, 0.2) is 72.8 Å². The first kappa shape index (κ1) is 29.0. The van der Waals surface area contributed by atoms with Gasteiger partial charge in [0.05, 0.1) is 5.75 Å². The van der Waals surface area contributed by atoms with Gasteiger partial charge in [0.1, 0.15) is 11.9 Å². The highest BCUT2D eigenvalue weighted by atomic mass is 35.5. The lowest BCUT2D eigenvalue weighted by Gasteiger charge is -2.34. The Bertz CT molecular complexity index is 1200. The molecule has 0 saturated carbocycles. The molecule has 0 fully saturated rings. The molecule has 0 saturated heterocycles. The van der Waals surface area contributed by atoms with Gasteiger partial charge in [-0.2, -0.15) is 0 Å². The summed E-state index contributed by atoms with van der Waals surface area (Å²) < 4.78 is 13.6. The number of nitrogens with one attached hydrogen (secondary N) is 1. The second kappa shape index (κ2) is 13.3. The number of hydrogen-bond acceptors (Lipinski definition) is 3. The summed E-state index contributed by atoms with van der Waals surface area (Å²) >= 11 is 13.7. The normalized spacial score (nSPS) is 12.2. The molecular weight excluding hydrogens is 530 g/mol. The van der Waals surface area contributed by atoms with E-state index in [4.69, 9.17) is 23.2 Å². The zero-order chi connectivity index (χ0) is 27.0. The van der Waals surface area contributed by atoms with Crippen LogP contribution in [0.1, 0.15) is 37.5 Å². The van der Waals surface area contributed by atoms with Gasteiger partial charge in [0.25, 0.3) is 0 Å². The minimum atomic E-state index is -0.751. The fourth-order valence-corrected chi connectivity index (χ4v) is 5.23. The SMILES string of the molecule is CC(C)(C)NC(=O)[C@H](Cc1ccccc1)N(Cc1ccc(F)cc1)C(=O)CSCc1ccc(Cl)cc1Cl. The van der Waals surface area contributed by atoms with Crippen LogP contribution in [-0.4, -0.2) is 34.0 Å². The van der Waals surface area contributed by atoms with Crippen LogP contribution in [0.3, 0.4) is 0 Å². The lowest BCUT2D eigenvalue weighted by molar-refractivity contribution is -0.140. The second-order valence-corrected chi connectivity index (χ2v) is 11.7. The Balaban J connectivity index is 1.87. The number of hydrogen-bond donors (Lipinski definition) is 1. The minimum Gasteiger partial charge on any atom is -0.350 e. The molecule has 1 atom stereocenters. The molecule has 3 aromatic carbocycles. The van der Waals surface area contributed by atoms with E-state index in [2.05, 4.69) is 5.32 Å². The van der Waals surface area contributed by atoms with Crippen molar-refractivity contribution in [2.45, 2.75) is 51.1 Å². The van der Waals surface area contributed by atoms with Crippen molar-refractivity contribution in [1.29, 1.82) is 0 Å². The van der Waals surface area contributed by atoms with Crippen LogP contribution in [-0.2, 0) is 28.3 Å². The smallest absolute Gasteiger partial charge is 0.243 e. The molecule has 1 N–H and O–H groups in total. The molecule has 0 aromatic heterocycles. The summed E-state index contributed by atoms with van der Waals surface area (Å²) in [6.07, 6.45) is 0.351. The van der Waals surface area contributed by atoms with E-state index in [1.165, 1.54) is 23.9 Å². The van der Waals surface area contributed by atoms with Crippen molar-refractivity contribution in [2.24, 2.45) is 0 Å². The van der Waals surface area contributed by atoms with E-state index in [1.54, 1.807) is 29.2 Å². The summed E-state index contributed by atoms with van der Waals surface area (Å²) in [6, 6.07) is 20.1. The van der Waals surface area contributed by atoms with Gasteiger partial charge in [-0.3, -0.25) is 9.59 Å². The topological polar surface area (TPSA) is 49.4 Å². The third-order valence-electron chi connectivity index (χ3n) is 5.53.